The Kier molecular flexibility index (Phi) is 16.9. The molecule has 2 aliphatic rings. The van der Waals surface area contributed by atoms with E-state index in [-0.39, 0.29) is 51.0 Å². The number of benzene rings is 2. The van der Waals surface area contributed by atoms with Gasteiger partial charge in [0.05, 0.1) is 0 Å². The Bertz CT molecular complexity index is 911. The standard InChI is InChI=1S/2C15H15.2ClH.Zr/c2*1-13-10-11-15(12-13)9-5-8-14-6-3-2-4-7-14;;;/h2*2-4,6-7,9-10,12H,5,8H2,1H3;2*1H;/q2*-1;;;+4/p-2. The molecule has 0 N–H and O–H groups in total. The molecule has 0 nitrogen and oxygen atoms in total. The van der Waals surface area contributed by atoms with Gasteiger partial charge in [-0.15, -0.1) is 12.2 Å². The third kappa shape index (κ3) is 12.4. The van der Waals surface area contributed by atoms with Gasteiger partial charge >= 0.3 is 26.2 Å². The smallest absolute Gasteiger partial charge is 1.00 e. The van der Waals surface area contributed by atoms with E-state index in [2.05, 4.69) is 111 Å². The molecule has 0 unspecified atom stereocenters. The van der Waals surface area contributed by atoms with Crippen molar-refractivity contribution in [3.05, 3.63) is 143 Å². The van der Waals surface area contributed by atoms with Crippen LogP contribution in [0, 0.1) is 12.2 Å². The van der Waals surface area contributed by atoms with Crippen LogP contribution in [0.2, 0.25) is 0 Å². The van der Waals surface area contributed by atoms with Crippen molar-refractivity contribution >= 4 is 0 Å². The van der Waals surface area contributed by atoms with Crippen molar-refractivity contribution in [1.29, 1.82) is 0 Å². The van der Waals surface area contributed by atoms with E-state index < -0.39 is 0 Å². The maximum Gasteiger partial charge on any atom is 4.00 e. The van der Waals surface area contributed by atoms with Gasteiger partial charge in [-0.1, -0.05) is 87.4 Å². The average molecular weight is 553 g/mol. The molecule has 0 aromatic heterocycles. The zero-order valence-corrected chi connectivity index (χ0v) is 23.3. The topological polar surface area (TPSA) is 0 Å². The summed E-state index contributed by atoms with van der Waals surface area (Å²) >= 11 is 0. The van der Waals surface area contributed by atoms with Crippen molar-refractivity contribution in [2.45, 2.75) is 39.5 Å². The van der Waals surface area contributed by atoms with Gasteiger partial charge in [0.2, 0.25) is 0 Å². The van der Waals surface area contributed by atoms with Crippen LogP contribution in [-0.2, 0) is 39.0 Å². The Morgan fingerprint density at radius 1 is 0.606 bits per heavy atom. The van der Waals surface area contributed by atoms with Gasteiger partial charge < -0.3 is 24.8 Å². The molecule has 168 valence electrons. The molecule has 2 aromatic rings. The van der Waals surface area contributed by atoms with Crippen LogP contribution in [0.1, 0.15) is 37.8 Å². The number of rotatable bonds is 6. The molecule has 0 spiro atoms. The molecule has 0 saturated heterocycles. The van der Waals surface area contributed by atoms with Crippen molar-refractivity contribution in [1.82, 2.24) is 0 Å². The molecule has 2 aliphatic carbocycles. The third-order valence-electron chi connectivity index (χ3n) is 4.98. The Morgan fingerprint density at radius 3 is 1.27 bits per heavy atom. The first kappa shape index (κ1) is 31.3. The van der Waals surface area contributed by atoms with Gasteiger partial charge in [-0.3, -0.25) is 0 Å². The fraction of sp³-hybridized carbons (Fsp3) is 0.200. The molecule has 4 rings (SSSR count). The second kappa shape index (κ2) is 17.8. The summed E-state index contributed by atoms with van der Waals surface area (Å²) < 4.78 is 0. The van der Waals surface area contributed by atoms with Crippen LogP contribution in [-0.4, -0.2) is 0 Å². The molecule has 0 fully saturated rings. The molecule has 33 heavy (non-hydrogen) atoms. The van der Waals surface area contributed by atoms with Crippen LogP contribution in [0.3, 0.4) is 0 Å². The normalized spacial score (nSPS) is 15.6. The fourth-order valence-corrected chi connectivity index (χ4v) is 3.37. The van der Waals surface area contributed by atoms with E-state index in [4.69, 9.17) is 0 Å². The molecular formula is C30H30Cl2Zr. The SMILES string of the molecule is CC1=CC(=CCCc2ccccc2)[C-]=C1.CC1=CC(=CCCc2ccccc2)[C-]=C1.[Cl-].[Cl-].[Zr+4]. The average Bonchev–Trinajstić information content (AvgIpc) is 3.38. The summed E-state index contributed by atoms with van der Waals surface area (Å²) in [5.74, 6) is 0. The number of hydrogen-bond acceptors (Lipinski definition) is 0. The van der Waals surface area contributed by atoms with Crippen LogP contribution < -0.4 is 24.8 Å². The summed E-state index contributed by atoms with van der Waals surface area (Å²) in [6.07, 6.45) is 23.8. The minimum Gasteiger partial charge on any atom is -1.00 e. The predicted octanol–water partition coefficient (Wildman–Crippen LogP) is 1.74. The second-order valence-corrected chi connectivity index (χ2v) is 7.72. The molecule has 0 radical (unpaired) electrons. The van der Waals surface area contributed by atoms with E-state index >= 15 is 0 Å². The van der Waals surface area contributed by atoms with Crippen molar-refractivity contribution in [2.24, 2.45) is 0 Å². The maximum absolute atomic E-state index is 3.24. The summed E-state index contributed by atoms with van der Waals surface area (Å²) in [5, 5.41) is 0. The van der Waals surface area contributed by atoms with Crippen LogP contribution in [0.4, 0.5) is 0 Å². The van der Waals surface area contributed by atoms with Crippen molar-refractivity contribution in [2.75, 3.05) is 0 Å². The summed E-state index contributed by atoms with van der Waals surface area (Å²) in [7, 11) is 0. The Morgan fingerprint density at radius 2 is 0.970 bits per heavy atom. The van der Waals surface area contributed by atoms with Crippen molar-refractivity contribution < 1.29 is 51.0 Å². The summed E-state index contributed by atoms with van der Waals surface area (Å²) in [5.41, 5.74) is 7.84. The number of hydrogen-bond donors (Lipinski definition) is 0. The fourth-order valence-electron chi connectivity index (χ4n) is 3.37. The molecule has 2 aromatic carbocycles. The van der Waals surface area contributed by atoms with Gasteiger partial charge in [-0.05, 0) is 24.0 Å². The maximum atomic E-state index is 3.24. The summed E-state index contributed by atoms with van der Waals surface area (Å²) in [6.45, 7) is 4.20. The first-order chi connectivity index (χ1) is 14.7. The van der Waals surface area contributed by atoms with Gasteiger partial charge in [0.1, 0.15) is 0 Å². The number of aryl methyl sites for hydroxylation is 2. The van der Waals surface area contributed by atoms with Crippen molar-refractivity contribution in [3.63, 3.8) is 0 Å². The molecule has 3 heteroatoms. The van der Waals surface area contributed by atoms with Gasteiger partial charge in [-0.25, -0.2) is 0 Å². The van der Waals surface area contributed by atoms with Crippen LogP contribution >= 0.6 is 0 Å². The first-order valence-corrected chi connectivity index (χ1v) is 10.7. The van der Waals surface area contributed by atoms with E-state index in [1.54, 1.807) is 0 Å². The van der Waals surface area contributed by atoms with Crippen molar-refractivity contribution in [3.8, 4) is 0 Å². The monoisotopic (exact) mass is 550 g/mol. The number of halogens is 2. The van der Waals surface area contributed by atoms with Gasteiger partial charge in [-0.2, -0.15) is 58.7 Å². The second-order valence-electron chi connectivity index (χ2n) is 7.72. The third-order valence-corrected chi connectivity index (χ3v) is 4.98. The summed E-state index contributed by atoms with van der Waals surface area (Å²) in [4.78, 5) is 0. The van der Waals surface area contributed by atoms with Gasteiger partial charge in [0.25, 0.3) is 0 Å². The number of allylic oxidation sites excluding steroid dienone is 12. The van der Waals surface area contributed by atoms with E-state index in [0.29, 0.717) is 0 Å². The van der Waals surface area contributed by atoms with E-state index in [1.165, 1.54) is 33.4 Å². The molecular weight excluding hydrogens is 522 g/mol. The van der Waals surface area contributed by atoms with E-state index in [0.717, 1.165) is 25.7 Å². The quantitative estimate of drug-likeness (QED) is 0.479. The first-order valence-electron chi connectivity index (χ1n) is 10.7. The molecule has 0 aliphatic heterocycles. The van der Waals surface area contributed by atoms with E-state index in [1.807, 2.05) is 12.2 Å². The molecule has 0 amide bonds. The van der Waals surface area contributed by atoms with Crippen LogP contribution in [0.25, 0.3) is 0 Å². The molecule has 0 bridgehead atoms. The Labute approximate surface area is 231 Å². The zero-order chi connectivity index (χ0) is 21.0. The minimum atomic E-state index is 0. The zero-order valence-electron chi connectivity index (χ0n) is 19.3. The van der Waals surface area contributed by atoms with Gasteiger partial charge in [0.15, 0.2) is 0 Å². The van der Waals surface area contributed by atoms with Crippen LogP contribution in [0.15, 0.2) is 119 Å². The Balaban J connectivity index is 0.000000569. The summed E-state index contributed by atoms with van der Waals surface area (Å²) in [6, 6.07) is 21.2. The molecule has 0 heterocycles. The minimum absolute atomic E-state index is 0. The Hall–Kier alpha value is -1.66. The van der Waals surface area contributed by atoms with Crippen LogP contribution in [0.5, 0.6) is 0 Å². The molecule has 0 atom stereocenters. The molecule has 0 saturated carbocycles. The van der Waals surface area contributed by atoms with E-state index in [9.17, 15) is 0 Å². The van der Waals surface area contributed by atoms with Gasteiger partial charge in [0, 0.05) is 0 Å². The predicted molar refractivity (Wildman–Crippen MR) is 129 cm³/mol. The largest absolute Gasteiger partial charge is 4.00 e.